The molecule has 20 heavy (non-hydrogen) atoms. The number of rotatable bonds is 7. The summed E-state index contributed by atoms with van der Waals surface area (Å²) in [5, 5.41) is 17.1. The summed E-state index contributed by atoms with van der Waals surface area (Å²) >= 11 is 0. The zero-order valence-corrected chi connectivity index (χ0v) is 11.2. The van der Waals surface area contributed by atoms with Gasteiger partial charge in [0.15, 0.2) is 0 Å². The third kappa shape index (κ3) is 4.64. The Bertz CT molecular complexity index is 469. The van der Waals surface area contributed by atoms with Crippen molar-refractivity contribution in [2.45, 2.75) is 18.9 Å². The molecular weight excluding hydrogens is 258 g/mol. The fourth-order valence-electron chi connectivity index (χ4n) is 1.71. The third-order valence-corrected chi connectivity index (χ3v) is 2.96. The number of nitrogens with one attached hydrogen (secondary N) is 3. The van der Waals surface area contributed by atoms with E-state index in [1.807, 2.05) is 0 Å². The molecule has 1 aromatic rings. The minimum absolute atomic E-state index is 0.0885. The van der Waals surface area contributed by atoms with E-state index >= 15 is 0 Å². The van der Waals surface area contributed by atoms with Gasteiger partial charge in [0.25, 0.3) is 5.91 Å². The molecule has 2 amide bonds. The lowest BCUT2D eigenvalue weighted by molar-refractivity contribution is -0.115. The van der Waals surface area contributed by atoms with Crippen molar-refractivity contribution >= 4 is 17.5 Å². The van der Waals surface area contributed by atoms with E-state index in [-0.39, 0.29) is 25.0 Å². The largest absolute Gasteiger partial charge is 0.395 e. The molecule has 0 bridgehead atoms. The molecule has 1 aromatic carbocycles. The number of carbonyl (C=O) groups is 2. The van der Waals surface area contributed by atoms with Crippen LogP contribution >= 0.6 is 0 Å². The van der Waals surface area contributed by atoms with E-state index in [0.717, 1.165) is 12.8 Å². The van der Waals surface area contributed by atoms with Gasteiger partial charge in [-0.1, -0.05) is 0 Å². The predicted octanol–water partition coefficient (Wildman–Crippen LogP) is 0.0992. The van der Waals surface area contributed by atoms with Gasteiger partial charge in [-0.05, 0) is 37.1 Å². The second-order valence-electron chi connectivity index (χ2n) is 4.76. The molecule has 0 heterocycles. The van der Waals surface area contributed by atoms with Crippen LogP contribution in [0.1, 0.15) is 23.2 Å². The minimum Gasteiger partial charge on any atom is -0.395 e. The lowest BCUT2D eigenvalue weighted by Gasteiger charge is -2.07. The quantitative estimate of drug-likeness (QED) is 0.569. The van der Waals surface area contributed by atoms with Gasteiger partial charge in [-0.3, -0.25) is 9.59 Å². The van der Waals surface area contributed by atoms with Crippen molar-refractivity contribution in [2.75, 3.05) is 25.0 Å². The smallest absolute Gasteiger partial charge is 0.251 e. The Balaban J connectivity index is 1.80. The van der Waals surface area contributed by atoms with Crippen LogP contribution in [0.2, 0.25) is 0 Å². The van der Waals surface area contributed by atoms with Crippen LogP contribution in [0.15, 0.2) is 24.3 Å². The first-order chi connectivity index (χ1) is 9.69. The Morgan fingerprint density at radius 2 is 1.90 bits per heavy atom. The average molecular weight is 277 g/mol. The Morgan fingerprint density at radius 1 is 1.20 bits per heavy atom. The maximum atomic E-state index is 11.6. The van der Waals surface area contributed by atoms with Crippen molar-refractivity contribution in [2.24, 2.45) is 0 Å². The van der Waals surface area contributed by atoms with Gasteiger partial charge in [-0.15, -0.1) is 0 Å². The van der Waals surface area contributed by atoms with Gasteiger partial charge in [0.05, 0.1) is 13.2 Å². The zero-order chi connectivity index (χ0) is 14.4. The molecule has 1 aliphatic rings. The van der Waals surface area contributed by atoms with Gasteiger partial charge in [0.2, 0.25) is 5.91 Å². The average Bonchev–Trinajstić information content (AvgIpc) is 3.27. The number of carbonyl (C=O) groups excluding carboxylic acids is 2. The SMILES string of the molecule is O=C(CNC1CC1)Nc1ccc(C(=O)NCCO)cc1. The van der Waals surface area contributed by atoms with Crippen LogP contribution in [-0.2, 0) is 4.79 Å². The Hall–Kier alpha value is -1.92. The maximum Gasteiger partial charge on any atom is 0.251 e. The second kappa shape index (κ2) is 7.02. The van der Waals surface area contributed by atoms with Gasteiger partial charge in [-0.25, -0.2) is 0 Å². The molecular formula is C14H19N3O3. The number of aliphatic hydroxyl groups excluding tert-OH is 1. The number of hydrogen-bond acceptors (Lipinski definition) is 4. The van der Waals surface area contributed by atoms with Crippen LogP contribution < -0.4 is 16.0 Å². The van der Waals surface area contributed by atoms with E-state index in [9.17, 15) is 9.59 Å². The first-order valence-electron chi connectivity index (χ1n) is 6.71. The Labute approximate surface area is 117 Å². The van der Waals surface area contributed by atoms with Crippen molar-refractivity contribution < 1.29 is 14.7 Å². The molecule has 6 heteroatoms. The van der Waals surface area contributed by atoms with E-state index in [0.29, 0.717) is 23.8 Å². The van der Waals surface area contributed by atoms with E-state index < -0.39 is 0 Å². The van der Waals surface area contributed by atoms with Gasteiger partial charge < -0.3 is 21.1 Å². The van der Waals surface area contributed by atoms with E-state index in [2.05, 4.69) is 16.0 Å². The third-order valence-electron chi connectivity index (χ3n) is 2.96. The van der Waals surface area contributed by atoms with E-state index in [1.54, 1.807) is 24.3 Å². The van der Waals surface area contributed by atoms with Gasteiger partial charge in [0, 0.05) is 23.8 Å². The summed E-state index contributed by atoms with van der Waals surface area (Å²) in [6.45, 7) is 0.446. The second-order valence-corrected chi connectivity index (χ2v) is 4.76. The predicted molar refractivity (Wildman–Crippen MR) is 75.5 cm³/mol. The van der Waals surface area contributed by atoms with Gasteiger partial charge in [0.1, 0.15) is 0 Å². The van der Waals surface area contributed by atoms with Crippen molar-refractivity contribution in [3.63, 3.8) is 0 Å². The van der Waals surface area contributed by atoms with Crippen LogP contribution in [0.5, 0.6) is 0 Å². The highest BCUT2D eigenvalue weighted by atomic mass is 16.3. The van der Waals surface area contributed by atoms with Crippen LogP contribution in [0.3, 0.4) is 0 Å². The molecule has 0 saturated heterocycles. The molecule has 1 fully saturated rings. The molecule has 0 spiro atoms. The summed E-state index contributed by atoms with van der Waals surface area (Å²) in [6.07, 6.45) is 2.29. The number of anilines is 1. The molecule has 0 unspecified atom stereocenters. The van der Waals surface area contributed by atoms with Crippen LogP contribution in [-0.4, -0.2) is 42.7 Å². The number of benzene rings is 1. The Kier molecular flexibility index (Phi) is 5.09. The van der Waals surface area contributed by atoms with Gasteiger partial charge >= 0.3 is 0 Å². The van der Waals surface area contributed by atoms with E-state index in [1.165, 1.54) is 0 Å². The fourth-order valence-corrected chi connectivity index (χ4v) is 1.71. The molecule has 2 rings (SSSR count). The highest BCUT2D eigenvalue weighted by Gasteiger charge is 2.21. The van der Waals surface area contributed by atoms with Crippen molar-refractivity contribution in [3.8, 4) is 0 Å². The molecule has 108 valence electrons. The topological polar surface area (TPSA) is 90.5 Å². The van der Waals surface area contributed by atoms with Crippen LogP contribution in [0.4, 0.5) is 5.69 Å². The normalized spacial score (nSPS) is 13.8. The lowest BCUT2D eigenvalue weighted by Crippen LogP contribution is -2.29. The summed E-state index contributed by atoms with van der Waals surface area (Å²) in [5.41, 5.74) is 1.15. The summed E-state index contributed by atoms with van der Waals surface area (Å²) in [7, 11) is 0. The van der Waals surface area contributed by atoms with Crippen molar-refractivity contribution in [3.05, 3.63) is 29.8 Å². The molecule has 0 atom stereocenters. The molecule has 6 nitrogen and oxygen atoms in total. The molecule has 4 N–H and O–H groups in total. The minimum atomic E-state index is -0.243. The monoisotopic (exact) mass is 277 g/mol. The molecule has 0 aliphatic heterocycles. The lowest BCUT2D eigenvalue weighted by atomic mass is 10.2. The summed E-state index contributed by atoms with van der Waals surface area (Å²) in [4.78, 5) is 23.2. The van der Waals surface area contributed by atoms with Crippen molar-refractivity contribution in [1.29, 1.82) is 0 Å². The first kappa shape index (κ1) is 14.5. The molecule has 1 aliphatic carbocycles. The number of hydrogen-bond donors (Lipinski definition) is 4. The van der Waals surface area contributed by atoms with Crippen LogP contribution in [0, 0.1) is 0 Å². The molecule has 1 saturated carbocycles. The summed E-state index contributed by atoms with van der Waals surface area (Å²) < 4.78 is 0. The summed E-state index contributed by atoms with van der Waals surface area (Å²) in [5.74, 6) is -0.332. The van der Waals surface area contributed by atoms with Crippen molar-refractivity contribution in [1.82, 2.24) is 10.6 Å². The van der Waals surface area contributed by atoms with Gasteiger partial charge in [-0.2, -0.15) is 0 Å². The number of amides is 2. The standard InChI is InChI=1S/C14H19N3O3/c18-8-7-15-14(20)10-1-3-12(4-2-10)17-13(19)9-16-11-5-6-11/h1-4,11,16,18H,5-9H2,(H,15,20)(H,17,19). The highest BCUT2D eigenvalue weighted by molar-refractivity contribution is 5.96. The zero-order valence-electron chi connectivity index (χ0n) is 11.2. The Morgan fingerprint density at radius 3 is 2.50 bits per heavy atom. The molecule has 0 radical (unpaired) electrons. The first-order valence-corrected chi connectivity index (χ1v) is 6.71. The molecule has 0 aromatic heterocycles. The van der Waals surface area contributed by atoms with E-state index in [4.69, 9.17) is 5.11 Å². The highest BCUT2D eigenvalue weighted by Crippen LogP contribution is 2.18. The fraction of sp³-hybridized carbons (Fsp3) is 0.429. The summed E-state index contributed by atoms with van der Waals surface area (Å²) in [6, 6.07) is 7.14. The maximum absolute atomic E-state index is 11.6. The van der Waals surface area contributed by atoms with Crippen LogP contribution in [0.25, 0.3) is 0 Å². The number of aliphatic hydroxyl groups is 1.